The Labute approximate surface area is 347 Å². The van der Waals surface area contributed by atoms with Crippen molar-refractivity contribution in [2.75, 3.05) is 4.90 Å². The molecule has 9 aromatic rings. The molecule has 1 nitrogen and oxygen atoms in total. The molecule has 13 rings (SSSR count). The van der Waals surface area contributed by atoms with Crippen LogP contribution in [0, 0.1) is 17.8 Å². The van der Waals surface area contributed by atoms with Gasteiger partial charge in [0.25, 0.3) is 0 Å². The molecule has 9 aromatic carbocycles. The second-order valence-electron chi connectivity index (χ2n) is 17.9. The number of benzene rings is 9. The van der Waals surface area contributed by atoms with Crippen LogP contribution in [-0.4, -0.2) is 0 Å². The molecule has 0 unspecified atom stereocenters. The molecule has 0 heterocycles. The second-order valence-corrected chi connectivity index (χ2v) is 17.9. The summed E-state index contributed by atoms with van der Waals surface area (Å²) in [6, 6.07) is 72.7. The van der Waals surface area contributed by atoms with E-state index in [2.05, 4.69) is 199 Å². The van der Waals surface area contributed by atoms with Gasteiger partial charge in [-0.1, -0.05) is 152 Å². The third-order valence-corrected chi connectivity index (χ3v) is 14.4. The largest absolute Gasteiger partial charge is 0.310 e. The first kappa shape index (κ1) is 34.6. The molecule has 0 atom stereocenters. The Morgan fingerprint density at radius 3 is 1.59 bits per heavy atom. The van der Waals surface area contributed by atoms with Crippen LogP contribution in [0.3, 0.4) is 0 Å². The van der Waals surface area contributed by atoms with Crippen LogP contribution in [0.4, 0.5) is 17.1 Å². The summed E-state index contributed by atoms with van der Waals surface area (Å²) in [6.45, 7) is 0. The van der Waals surface area contributed by atoms with Gasteiger partial charge in [0.2, 0.25) is 0 Å². The van der Waals surface area contributed by atoms with E-state index in [0.717, 1.165) is 29.1 Å². The highest BCUT2D eigenvalue weighted by molar-refractivity contribution is 6.15. The fraction of sp³-hybridized carbons (Fsp3) is 0.172. The lowest BCUT2D eigenvalue weighted by Crippen LogP contribution is -2.48. The number of nitrogens with zero attached hydrogens (tertiary/aromatic N) is 1. The summed E-state index contributed by atoms with van der Waals surface area (Å²) in [7, 11) is 0. The minimum absolute atomic E-state index is 0.362. The van der Waals surface area contributed by atoms with Gasteiger partial charge < -0.3 is 4.90 Å². The molecule has 0 N–H and O–H groups in total. The Morgan fingerprint density at radius 2 is 0.881 bits per heavy atom. The Morgan fingerprint density at radius 1 is 0.339 bits per heavy atom. The summed E-state index contributed by atoms with van der Waals surface area (Å²) in [5.74, 6) is 2.77. The molecule has 4 bridgehead atoms. The van der Waals surface area contributed by atoms with Crippen molar-refractivity contribution in [3.8, 4) is 33.4 Å². The molecule has 0 spiro atoms. The van der Waals surface area contributed by atoms with Gasteiger partial charge in [0.15, 0.2) is 0 Å². The van der Waals surface area contributed by atoms with Gasteiger partial charge >= 0.3 is 0 Å². The number of anilines is 3. The molecule has 4 aliphatic carbocycles. The molecule has 1 heteroatoms. The maximum absolute atomic E-state index is 2.50. The van der Waals surface area contributed by atoms with Gasteiger partial charge in [0.05, 0.1) is 0 Å². The van der Waals surface area contributed by atoms with E-state index < -0.39 is 0 Å². The zero-order chi connectivity index (χ0) is 38.9. The quantitative estimate of drug-likeness (QED) is 0.146. The SMILES string of the molecule is c1ccc(-c2ccc(N(c3ccc(C45CC6CC(CC(C6)C4)C5)cc3)c3ccc(-c4cc5ccccc5c5ccccc45)c(-c4cccc5ccccc45)c3)cc2)cc1. The van der Waals surface area contributed by atoms with Crippen molar-refractivity contribution in [3.63, 3.8) is 0 Å². The van der Waals surface area contributed by atoms with Gasteiger partial charge in [0, 0.05) is 17.1 Å². The maximum Gasteiger partial charge on any atom is 0.0468 e. The van der Waals surface area contributed by atoms with Crippen LogP contribution in [0.25, 0.3) is 65.7 Å². The molecule has 4 aliphatic rings. The van der Waals surface area contributed by atoms with Gasteiger partial charge in [0.1, 0.15) is 0 Å². The molecule has 4 saturated carbocycles. The van der Waals surface area contributed by atoms with Crippen molar-refractivity contribution in [3.05, 3.63) is 200 Å². The molecule has 0 aromatic heterocycles. The normalized spacial score (nSPS) is 20.7. The van der Waals surface area contributed by atoms with Gasteiger partial charge in [-0.25, -0.2) is 0 Å². The van der Waals surface area contributed by atoms with E-state index in [1.165, 1.54) is 110 Å². The molecule has 0 radical (unpaired) electrons. The van der Waals surface area contributed by atoms with E-state index in [1.54, 1.807) is 5.56 Å². The fourth-order valence-corrected chi connectivity index (χ4v) is 12.2. The van der Waals surface area contributed by atoms with Crippen molar-refractivity contribution in [1.82, 2.24) is 0 Å². The van der Waals surface area contributed by atoms with Crippen LogP contribution in [0.1, 0.15) is 44.1 Å². The lowest BCUT2D eigenvalue weighted by Gasteiger charge is -2.57. The van der Waals surface area contributed by atoms with Crippen molar-refractivity contribution >= 4 is 49.4 Å². The standard InChI is InChI=1S/C58H47N/c1-2-11-42(12-3-1)43-21-25-47(26-22-43)59(48-27-23-46(24-28-48)58-36-39-31-40(37-58)33-41(32-39)38-58)49-29-30-55(57(35-49)53-20-10-15-44-13-4-6-16-50(44)53)56-34-45-14-5-7-17-51(45)52-18-8-9-19-54(52)56/h1-30,34-35,39-41H,31-33,36-38H2. The fourth-order valence-electron chi connectivity index (χ4n) is 12.2. The Bertz CT molecular complexity index is 2970. The molecule has 0 amide bonds. The molecule has 59 heavy (non-hydrogen) atoms. The predicted molar refractivity (Wildman–Crippen MR) is 250 cm³/mol. The molecule has 284 valence electrons. The van der Waals surface area contributed by atoms with Crippen LogP contribution in [0.5, 0.6) is 0 Å². The van der Waals surface area contributed by atoms with Crippen LogP contribution in [0.2, 0.25) is 0 Å². The molecular weight excluding hydrogens is 711 g/mol. The van der Waals surface area contributed by atoms with Crippen LogP contribution in [0.15, 0.2) is 194 Å². The first-order chi connectivity index (χ1) is 29.2. The highest BCUT2D eigenvalue weighted by atomic mass is 15.1. The summed E-state index contributed by atoms with van der Waals surface area (Å²) < 4.78 is 0. The monoisotopic (exact) mass is 757 g/mol. The van der Waals surface area contributed by atoms with E-state index >= 15 is 0 Å². The number of hydrogen-bond donors (Lipinski definition) is 0. The first-order valence-corrected chi connectivity index (χ1v) is 21.8. The van der Waals surface area contributed by atoms with E-state index in [4.69, 9.17) is 0 Å². The minimum atomic E-state index is 0.362. The summed E-state index contributed by atoms with van der Waals surface area (Å²) in [5.41, 5.74) is 12.9. The van der Waals surface area contributed by atoms with E-state index in [-0.39, 0.29) is 0 Å². The van der Waals surface area contributed by atoms with E-state index in [1.807, 2.05) is 0 Å². The van der Waals surface area contributed by atoms with Gasteiger partial charge in [-0.3, -0.25) is 0 Å². The van der Waals surface area contributed by atoms with Crippen molar-refractivity contribution in [2.45, 2.75) is 43.9 Å². The molecule has 0 saturated heterocycles. The minimum Gasteiger partial charge on any atom is -0.310 e. The average molecular weight is 758 g/mol. The Kier molecular flexibility index (Phi) is 8.12. The van der Waals surface area contributed by atoms with Gasteiger partial charge in [-0.2, -0.15) is 0 Å². The summed E-state index contributed by atoms with van der Waals surface area (Å²) in [6.07, 6.45) is 8.53. The third-order valence-electron chi connectivity index (χ3n) is 14.4. The lowest BCUT2D eigenvalue weighted by molar-refractivity contribution is -0.00518. The summed E-state index contributed by atoms with van der Waals surface area (Å²) in [5, 5.41) is 7.61. The Balaban J connectivity index is 1.05. The number of fused-ring (bicyclic) bond motifs is 4. The zero-order valence-corrected chi connectivity index (χ0v) is 33.4. The summed E-state index contributed by atoms with van der Waals surface area (Å²) in [4.78, 5) is 2.48. The van der Waals surface area contributed by atoms with Crippen molar-refractivity contribution in [1.29, 1.82) is 0 Å². The lowest BCUT2D eigenvalue weighted by atomic mass is 9.48. The van der Waals surface area contributed by atoms with Crippen molar-refractivity contribution in [2.24, 2.45) is 17.8 Å². The first-order valence-electron chi connectivity index (χ1n) is 21.8. The number of hydrogen-bond acceptors (Lipinski definition) is 1. The highest BCUT2D eigenvalue weighted by Gasteiger charge is 2.51. The van der Waals surface area contributed by atoms with Crippen molar-refractivity contribution < 1.29 is 0 Å². The van der Waals surface area contributed by atoms with Crippen LogP contribution >= 0.6 is 0 Å². The highest BCUT2D eigenvalue weighted by Crippen LogP contribution is 2.61. The van der Waals surface area contributed by atoms with Gasteiger partial charge in [-0.15, -0.1) is 0 Å². The smallest absolute Gasteiger partial charge is 0.0468 e. The van der Waals surface area contributed by atoms with Gasteiger partial charge in [-0.05, 0) is 175 Å². The molecule has 0 aliphatic heterocycles. The maximum atomic E-state index is 2.50. The average Bonchev–Trinajstić information content (AvgIpc) is 3.29. The van der Waals surface area contributed by atoms with Crippen LogP contribution < -0.4 is 4.90 Å². The van der Waals surface area contributed by atoms with E-state index in [9.17, 15) is 0 Å². The summed E-state index contributed by atoms with van der Waals surface area (Å²) >= 11 is 0. The molecule has 4 fully saturated rings. The number of rotatable bonds is 7. The van der Waals surface area contributed by atoms with E-state index in [0.29, 0.717) is 5.41 Å². The molecular formula is C58H47N. The third kappa shape index (κ3) is 5.90. The topological polar surface area (TPSA) is 3.24 Å². The van der Waals surface area contributed by atoms with Crippen LogP contribution in [-0.2, 0) is 5.41 Å². The second kappa shape index (κ2) is 13.8. The Hall–Kier alpha value is -6.44. The predicted octanol–water partition coefficient (Wildman–Crippen LogP) is 16.1. The zero-order valence-electron chi connectivity index (χ0n) is 33.4.